The summed E-state index contributed by atoms with van der Waals surface area (Å²) in [7, 11) is -3.09. The summed E-state index contributed by atoms with van der Waals surface area (Å²) in [6, 6.07) is 7.22. The zero-order valence-electron chi connectivity index (χ0n) is 10.0. The highest BCUT2D eigenvalue weighted by Crippen LogP contribution is 2.29. The van der Waals surface area contributed by atoms with Gasteiger partial charge < -0.3 is 0 Å². The number of rotatable bonds is 1. The first-order valence-electron chi connectivity index (χ1n) is 5.91. The van der Waals surface area contributed by atoms with Gasteiger partial charge in [0.15, 0.2) is 14.6 Å². The Balaban J connectivity index is 2.12. The topological polar surface area (TPSA) is 59.9 Å². The summed E-state index contributed by atoms with van der Waals surface area (Å²) in [4.78, 5) is 8.74. The normalized spacial score (nSPS) is 16.9. The molecule has 0 aliphatic carbocycles. The molecule has 0 saturated heterocycles. The van der Waals surface area contributed by atoms with Crippen molar-refractivity contribution < 1.29 is 8.42 Å². The number of halogens is 1. The summed E-state index contributed by atoms with van der Waals surface area (Å²) in [6.07, 6.45) is 3.16. The summed E-state index contributed by atoms with van der Waals surface area (Å²) in [6.45, 7) is 0. The van der Waals surface area contributed by atoms with E-state index < -0.39 is 9.84 Å². The van der Waals surface area contributed by atoms with E-state index in [2.05, 4.69) is 25.9 Å². The highest BCUT2D eigenvalue weighted by molar-refractivity contribution is 9.10. The van der Waals surface area contributed by atoms with Crippen molar-refractivity contribution in [3.8, 4) is 11.3 Å². The molecule has 4 nitrogen and oxygen atoms in total. The van der Waals surface area contributed by atoms with Crippen LogP contribution in [0.5, 0.6) is 0 Å². The number of hydrogen-bond acceptors (Lipinski definition) is 4. The van der Waals surface area contributed by atoms with E-state index in [0.29, 0.717) is 16.0 Å². The number of aromatic nitrogens is 2. The van der Waals surface area contributed by atoms with E-state index >= 15 is 0 Å². The molecule has 1 aliphatic rings. The molecule has 0 radical (unpaired) electrons. The maximum absolute atomic E-state index is 11.9. The van der Waals surface area contributed by atoms with Crippen molar-refractivity contribution in [2.45, 2.75) is 17.7 Å². The molecule has 0 amide bonds. The van der Waals surface area contributed by atoms with Crippen LogP contribution in [0.15, 0.2) is 40.1 Å². The lowest BCUT2D eigenvalue weighted by Crippen LogP contribution is -2.16. The van der Waals surface area contributed by atoms with E-state index in [-0.39, 0.29) is 5.75 Å². The van der Waals surface area contributed by atoms with Gasteiger partial charge in [-0.1, -0.05) is 6.07 Å². The van der Waals surface area contributed by atoms with Gasteiger partial charge in [0.1, 0.15) is 0 Å². The maximum atomic E-state index is 11.9. The third-order valence-corrected chi connectivity index (χ3v) is 5.45. The second-order valence-electron chi connectivity index (χ2n) is 4.46. The number of hydrogen-bond donors (Lipinski definition) is 0. The minimum atomic E-state index is -3.09. The van der Waals surface area contributed by atoms with Gasteiger partial charge in [-0.2, -0.15) is 0 Å². The zero-order chi connectivity index (χ0) is 13.5. The molecule has 1 aliphatic heterocycles. The van der Waals surface area contributed by atoms with Crippen LogP contribution in [0.1, 0.15) is 12.0 Å². The van der Waals surface area contributed by atoms with Crippen LogP contribution in [0, 0.1) is 0 Å². The Hall–Kier alpha value is -1.27. The average molecular weight is 339 g/mol. The van der Waals surface area contributed by atoms with Crippen molar-refractivity contribution in [2.75, 3.05) is 5.75 Å². The van der Waals surface area contributed by atoms with Gasteiger partial charge in [-0.3, -0.25) is 0 Å². The summed E-state index contributed by atoms with van der Waals surface area (Å²) in [5, 5.41) is 0. The molecule has 1 aromatic heterocycles. The van der Waals surface area contributed by atoms with Gasteiger partial charge in [0.2, 0.25) is 0 Å². The maximum Gasteiger partial charge on any atom is 0.197 e. The van der Waals surface area contributed by atoms with Gasteiger partial charge in [-0.15, -0.1) is 0 Å². The number of fused-ring (bicyclic) bond motifs is 1. The van der Waals surface area contributed by atoms with E-state index in [1.165, 1.54) is 0 Å². The summed E-state index contributed by atoms with van der Waals surface area (Å²) < 4.78 is 24.4. The highest BCUT2D eigenvalue weighted by Gasteiger charge is 2.23. The Morgan fingerprint density at radius 3 is 2.84 bits per heavy atom. The van der Waals surface area contributed by atoms with Crippen molar-refractivity contribution >= 4 is 25.8 Å². The van der Waals surface area contributed by atoms with Gasteiger partial charge in [0.25, 0.3) is 0 Å². The van der Waals surface area contributed by atoms with Crippen LogP contribution in [0.4, 0.5) is 0 Å². The fourth-order valence-corrected chi connectivity index (χ4v) is 4.19. The zero-order valence-corrected chi connectivity index (χ0v) is 12.4. The largest absolute Gasteiger partial charge is 0.231 e. The van der Waals surface area contributed by atoms with Crippen molar-refractivity contribution in [1.29, 1.82) is 0 Å². The molecule has 1 aromatic carbocycles. The Kier molecular flexibility index (Phi) is 3.14. The molecule has 6 heteroatoms. The smallest absolute Gasteiger partial charge is 0.197 e. The number of benzene rings is 1. The van der Waals surface area contributed by atoms with Gasteiger partial charge in [-0.05, 0) is 52.5 Å². The second-order valence-corrected chi connectivity index (χ2v) is 7.24. The van der Waals surface area contributed by atoms with Crippen LogP contribution in [-0.4, -0.2) is 24.1 Å². The fourth-order valence-electron chi connectivity index (χ4n) is 2.30. The molecule has 0 bridgehead atoms. The van der Waals surface area contributed by atoms with Crippen LogP contribution in [0.25, 0.3) is 11.3 Å². The monoisotopic (exact) mass is 338 g/mol. The molecule has 0 unspecified atom stereocenters. The minimum Gasteiger partial charge on any atom is -0.231 e. The van der Waals surface area contributed by atoms with Crippen molar-refractivity contribution in [3.63, 3.8) is 0 Å². The van der Waals surface area contributed by atoms with Gasteiger partial charge in [0.05, 0.1) is 16.3 Å². The molecular formula is C13H11BrN2O2S. The highest BCUT2D eigenvalue weighted by atomic mass is 79.9. The van der Waals surface area contributed by atoms with E-state index in [4.69, 9.17) is 0 Å². The Morgan fingerprint density at radius 1 is 1.21 bits per heavy atom. The average Bonchev–Trinajstić information content (AvgIpc) is 2.38. The van der Waals surface area contributed by atoms with Crippen LogP contribution < -0.4 is 0 Å². The Morgan fingerprint density at radius 2 is 2.05 bits per heavy atom. The number of nitrogens with zero attached hydrogens (tertiary/aromatic N) is 2. The standard InChI is InChI=1S/C13H11BrN2O2S/c14-13-15-6-5-11(16-13)9-3-4-12-10(8-9)2-1-7-19(12,17)18/h3-6,8H,1-2,7H2. The number of sulfone groups is 1. The van der Waals surface area contributed by atoms with Crippen LogP contribution in [-0.2, 0) is 16.3 Å². The SMILES string of the molecule is O=S1(=O)CCCc2cc(-c3ccnc(Br)n3)ccc21. The van der Waals surface area contributed by atoms with E-state index in [1.54, 1.807) is 18.3 Å². The number of aryl methyl sites for hydroxylation is 1. The second kappa shape index (κ2) is 4.68. The Labute approximate surface area is 120 Å². The first-order chi connectivity index (χ1) is 9.06. The first-order valence-corrected chi connectivity index (χ1v) is 8.35. The molecule has 19 heavy (non-hydrogen) atoms. The van der Waals surface area contributed by atoms with E-state index in [9.17, 15) is 8.42 Å². The lowest BCUT2D eigenvalue weighted by molar-refractivity contribution is 0.586. The molecular weight excluding hydrogens is 328 g/mol. The molecule has 0 N–H and O–H groups in total. The van der Waals surface area contributed by atoms with Gasteiger partial charge in [0, 0.05) is 11.8 Å². The van der Waals surface area contributed by atoms with Crippen LogP contribution >= 0.6 is 15.9 Å². The molecule has 2 aromatic rings. The Bertz CT molecular complexity index is 744. The molecule has 3 rings (SSSR count). The molecule has 0 atom stereocenters. The lowest BCUT2D eigenvalue weighted by Gasteiger charge is -2.16. The van der Waals surface area contributed by atoms with E-state index in [0.717, 1.165) is 23.2 Å². The van der Waals surface area contributed by atoms with Gasteiger partial charge in [-0.25, -0.2) is 18.4 Å². The molecule has 0 spiro atoms. The minimum absolute atomic E-state index is 0.248. The van der Waals surface area contributed by atoms with E-state index in [1.807, 2.05) is 12.1 Å². The third kappa shape index (κ3) is 2.42. The van der Waals surface area contributed by atoms with Crippen LogP contribution in [0.2, 0.25) is 0 Å². The molecule has 0 fully saturated rings. The predicted molar refractivity (Wildman–Crippen MR) is 75.5 cm³/mol. The van der Waals surface area contributed by atoms with Crippen molar-refractivity contribution in [3.05, 3.63) is 40.8 Å². The summed E-state index contributed by atoms with van der Waals surface area (Å²) in [5.41, 5.74) is 2.59. The molecule has 0 saturated carbocycles. The summed E-state index contributed by atoms with van der Waals surface area (Å²) >= 11 is 3.23. The summed E-state index contributed by atoms with van der Waals surface area (Å²) in [5.74, 6) is 0.248. The van der Waals surface area contributed by atoms with Crippen molar-refractivity contribution in [1.82, 2.24) is 9.97 Å². The molecule has 98 valence electrons. The fraction of sp³-hybridized carbons (Fsp3) is 0.231. The molecule has 2 heterocycles. The quantitative estimate of drug-likeness (QED) is 0.750. The van der Waals surface area contributed by atoms with Crippen LogP contribution in [0.3, 0.4) is 0 Å². The van der Waals surface area contributed by atoms with Gasteiger partial charge >= 0.3 is 0 Å². The third-order valence-electron chi connectivity index (χ3n) is 3.18. The van der Waals surface area contributed by atoms with Crippen molar-refractivity contribution in [2.24, 2.45) is 0 Å². The first kappa shape index (κ1) is 12.7. The predicted octanol–water partition coefficient (Wildman–Crippen LogP) is 2.63. The lowest BCUT2D eigenvalue weighted by atomic mass is 10.0.